The van der Waals surface area contributed by atoms with E-state index in [0.717, 1.165) is 5.56 Å². The van der Waals surface area contributed by atoms with Crippen LogP contribution in [0.5, 0.6) is 0 Å². The van der Waals surface area contributed by atoms with Crippen molar-refractivity contribution in [3.8, 4) is 0 Å². The molecule has 0 amide bonds. The number of carbonyl (C=O) groups excluding carboxylic acids is 1. The van der Waals surface area contributed by atoms with E-state index in [1.54, 1.807) is 36.4 Å². The van der Waals surface area contributed by atoms with E-state index in [1.165, 1.54) is 12.1 Å². The molecule has 0 aromatic heterocycles. The van der Waals surface area contributed by atoms with Crippen LogP contribution in [0.25, 0.3) is 0 Å². The highest BCUT2D eigenvalue weighted by molar-refractivity contribution is 6.30. The number of Topliss-reactive ketones (excluding diaryl/α,β-unsaturated/α-hetero) is 1. The van der Waals surface area contributed by atoms with Crippen LogP contribution in [0.3, 0.4) is 0 Å². The lowest BCUT2D eigenvalue weighted by molar-refractivity contribution is 0.0953. The third kappa shape index (κ3) is 2.53. The molecule has 1 fully saturated rings. The van der Waals surface area contributed by atoms with Crippen molar-refractivity contribution in [2.75, 3.05) is 0 Å². The van der Waals surface area contributed by atoms with Crippen molar-refractivity contribution >= 4 is 17.4 Å². The maximum Gasteiger partial charge on any atom is 0.194 e. The minimum absolute atomic E-state index is 0.0778. The predicted molar refractivity (Wildman–Crippen MR) is 69.8 cm³/mol. The van der Waals surface area contributed by atoms with Gasteiger partial charge < -0.3 is 4.74 Å². The second-order valence-corrected chi connectivity index (χ2v) is 4.84. The van der Waals surface area contributed by atoms with Crippen molar-refractivity contribution in [3.05, 3.63) is 70.5 Å². The summed E-state index contributed by atoms with van der Waals surface area (Å²) >= 11 is 5.77. The van der Waals surface area contributed by atoms with Gasteiger partial charge in [0.25, 0.3) is 0 Å². The summed E-state index contributed by atoms with van der Waals surface area (Å²) in [5.74, 6) is -0.379. The van der Waals surface area contributed by atoms with Crippen LogP contribution >= 0.6 is 11.6 Å². The maximum atomic E-state index is 12.8. The third-order valence-electron chi connectivity index (χ3n) is 3.08. The van der Waals surface area contributed by atoms with Gasteiger partial charge in [-0.25, -0.2) is 4.39 Å². The first-order valence-electron chi connectivity index (χ1n) is 5.86. The van der Waals surface area contributed by atoms with Gasteiger partial charge in [-0.15, -0.1) is 0 Å². The number of hydrogen-bond acceptors (Lipinski definition) is 2. The number of ketones is 1. The second kappa shape index (κ2) is 4.76. The summed E-state index contributed by atoms with van der Waals surface area (Å²) in [7, 11) is 0. The second-order valence-electron chi connectivity index (χ2n) is 4.40. The minimum atomic E-state index is -0.480. The lowest BCUT2D eigenvalue weighted by atomic mass is 10.0. The number of carbonyl (C=O) groups is 1. The molecule has 1 saturated heterocycles. The van der Waals surface area contributed by atoms with Gasteiger partial charge in [0, 0.05) is 10.6 Å². The van der Waals surface area contributed by atoms with Crippen LogP contribution in [0.1, 0.15) is 22.0 Å². The average Bonchev–Trinajstić information content (AvgIpc) is 3.20. The minimum Gasteiger partial charge on any atom is -0.356 e. The first-order chi connectivity index (χ1) is 9.15. The molecule has 2 aromatic rings. The molecule has 2 nitrogen and oxygen atoms in total. The fourth-order valence-electron chi connectivity index (χ4n) is 2.00. The molecule has 0 bridgehead atoms. The Labute approximate surface area is 114 Å². The molecule has 0 spiro atoms. The zero-order chi connectivity index (χ0) is 13.4. The molecule has 2 atom stereocenters. The molecule has 3 rings (SSSR count). The predicted octanol–water partition coefficient (Wildman–Crippen LogP) is 3.80. The normalized spacial score (nSPS) is 21.2. The lowest BCUT2D eigenvalue weighted by Gasteiger charge is -1.98. The van der Waals surface area contributed by atoms with Crippen molar-refractivity contribution < 1.29 is 13.9 Å². The van der Waals surface area contributed by atoms with E-state index in [2.05, 4.69) is 0 Å². The molecule has 4 heteroatoms. The first kappa shape index (κ1) is 12.3. The Morgan fingerprint density at radius 1 is 1.05 bits per heavy atom. The van der Waals surface area contributed by atoms with E-state index >= 15 is 0 Å². The highest BCUT2D eigenvalue weighted by atomic mass is 35.5. The van der Waals surface area contributed by atoms with Gasteiger partial charge in [-0.3, -0.25) is 4.79 Å². The molecular formula is C15H10ClFO2. The van der Waals surface area contributed by atoms with Crippen molar-refractivity contribution in [3.63, 3.8) is 0 Å². The Balaban J connectivity index is 1.74. The molecule has 2 aromatic carbocycles. The average molecular weight is 277 g/mol. The van der Waals surface area contributed by atoms with Crippen molar-refractivity contribution in [1.82, 2.24) is 0 Å². The Kier molecular flexibility index (Phi) is 3.09. The van der Waals surface area contributed by atoms with Gasteiger partial charge in [0.05, 0.1) is 0 Å². The molecule has 0 unspecified atom stereocenters. The van der Waals surface area contributed by atoms with Crippen LogP contribution in [-0.2, 0) is 4.74 Å². The highest BCUT2D eigenvalue weighted by Gasteiger charge is 2.46. The van der Waals surface area contributed by atoms with Crippen LogP contribution in [0.2, 0.25) is 5.02 Å². The molecule has 1 aliphatic heterocycles. The van der Waals surface area contributed by atoms with Crippen LogP contribution in [0.4, 0.5) is 4.39 Å². The fraction of sp³-hybridized carbons (Fsp3) is 0.133. The summed E-state index contributed by atoms with van der Waals surface area (Å²) in [6.07, 6.45) is -0.754. The Bertz CT molecular complexity index is 607. The van der Waals surface area contributed by atoms with Crippen LogP contribution < -0.4 is 0 Å². The standard InChI is InChI=1S/C15H10ClFO2/c16-11-5-1-9(2-6-11)13(18)15-14(19-15)10-3-7-12(17)8-4-10/h1-8,14-15H/t14-,15-/m0/s1. The topological polar surface area (TPSA) is 29.6 Å². The summed E-state index contributed by atoms with van der Waals surface area (Å²) in [5, 5.41) is 0.586. The third-order valence-corrected chi connectivity index (χ3v) is 3.33. The SMILES string of the molecule is O=C(c1ccc(Cl)cc1)[C@@H]1O[C@H]1c1ccc(F)cc1. The molecule has 0 aliphatic carbocycles. The van der Waals surface area contributed by atoms with E-state index < -0.39 is 6.10 Å². The summed E-state index contributed by atoms with van der Waals surface area (Å²) in [5.41, 5.74) is 1.38. The largest absolute Gasteiger partial charge is 0.356 e. The Morgan fingerprint density at radius 2 is 1.68 bits per heavy atom. The van der Waals surface area contributed by atoms with Crippen molar-refractivity contribution in [2.45, 2.75) is 12.2 Å². The van der Waals surface area contributed by atoms with E-state index in [9.17, 15) is 9.18 Å². The van der Waals surface area contributed by atoms with E-state index in [-0.39, 0.29) is 17.7 Å². The Morgan fingerprint density at radius 3 is 2.32 bits per heavy atom. The molecule has 0 N–H and O–H groups in total. The van der Waals surface area contributed by atoms with E-state index in [0.29, 0.717) is 10.6 Å². The van der Waals surface area contributed by atoms with Crippen LogP contribution in [-0.4, -0.2) is 11.9 Å². The monoisotopic (exact) mass is 276 g/mol. The zero-order valence-corrected chi connectivity index (χ0v) is 10.6. The molecule has 96 valence electrons. The van der Waals surface area contributed by atoms with Gasteiger partial charge in [0.1, 0.15) is 11.9 Å². The quantitative estimate of drug-likeness (QED) is 0.630. The van der Waals surface area contributed by atoms with E-state index in [1.807, 2.05) is 0 Å². The lowest BCUT2D eigenvalue weighted by Crippen LogP contribution is -2.07. The smallest absolute Gasteiger partial charge is 0.194 e. The molecule has 1 aliphatic rings. The molecule has 0 saturated carbocycles. The van der Waals surface area contributed by atoms with Gasteiger partial charge >= 0.3 is 0 Å². The number of rotatable bonds is 3. The fourth-order valence-corrected chi connectivity index (χ4v) is 2.12. The van der Waals surface area contributed by atoms with Gasteiger partial charge in [-0.2, -0.15) is 0 Å². The summed E-state index contributed by atoms with van der Waals surface area (Å²) < 4.78 is 18.2. The highest BCUT2D eigenvalue weighted by Crippen LogP contribution is 2.40. The summed E-state index contributed by atoms with van der Waals surface area (Å²) in [6, 6.07) is 12.7. The molecular weight excluding hydrogens is 267 g/mol. The van der Waals surface area contributed by atoms with Crippen LogP contribution in [0.15, 0.2) is 48.5 Å². The first-order valence-corrected chi connectivity index (χ1v) is 6.23. The summed E-state index contributed by atoms with van der Waals surface area (Å²) in [6.45, 7) is 0. The maximum absolute atomic E-state index is 12.8. The van der Waals surface area contributed by atoms with Crippen LogP contribution in [0, 0.1) is 5.82 Å². The van der Waals surface area contributed by atoms with Gasteiger partial charge in [-0.1, -0.05) is 23.7 Å². The van der Waals surface area contributed by atoms with Crippen molar-refractivity contribution in [2.24, 2.45) is 0 Å². The number of halogens is 2. The van der Waals surface area contributed by atoms with E-state index in [4.69, 9.17) is 16.3 Å². The number of ether oxygens (including phenoxy) is 1. The molecule has 19 heavy (non-hydrogen) atoms. The van der Waals surface area contributed by atoms with Gasteiger partial charge in [0.15, 0.2) is 11.9 Å². The van der Waals surface area contributed by atoms with Gasteiger partial charge in [-0.05, 0) is 42.0 Å². The molecule has 1 heterocycles. The summed E-state index contributed by atoms with van der Waals surface area (Å²) in [4.78, 5) is 12.1. The number of benzene rings is 2. The number of hydrogen-bond donors (Lipinski definition) is 0. The molecule has 0 radical (unpaired) electrons. The Hall–Kier alpha value is -1.71. The zero-order valence-electron chi connectivity index (χ0n) is 9.85. The van der Waals surface area contributed by atoms with Gasteiger partial charge in [0.2, 0.25) is 0 Å². The number of epoxide rings is 1. The van der Waals surface area contributed by atoms with Crippen molar-refractivity contribution in [1.29, 1.82) is 0 Å².